The van der Waals surface area contributed by atoms with E-state index in [1.54, 1.807) is 30.1 Å². The van der Waals surface area contributed by atoms with Crippen molar-refractivity contribution in [3.8, 4) is 0 Å². The standard InChI is InChI=1S/C14H12N4S/c15-9-6-11(16)14-12(7-9)18-13(8-17-14)19-10-4-2-1-3-5-10/h1-8H,15-16H2. The highest BCUT2D eigenvalue weighted by molar-refractivity contribution is 7.99. The summed E-state index contributed by atoms with van der Waals surface area (Å²) in [5, 5.41) is 0.823. The van der Waals surface area contributed by atoms with Crippen LogP contribution in [-0.4, -0.2) is 9.97 Å². The summed E-state index contributed by atoms with van der Waals surface area (Å²) in [7, 11) is 0. The molecule has 0 atom stereocenters. The van der Waals surface area contributed by atoms with E-state index in [0.29, 0.717) is 16.9 Å². The van der Waals surface area contributed by atoms with Crippen LogP contribution in [0.3, 0.4) is 0 Å². The molecule has 0 saturated heterocycles. The van der Waals surface area contributed by atoms with Crippen molar-refractivity contribution < 1.29 is 0 Å². The van der Waals surface area contributed by atoms with Gasteiger partial charge in [0.25, 0.3) is 0 Å². The van der Waals surface area contributed by atoms with Crippen LogP contribution >= 0.6 is 11.8 Å². The lowest BCUT2D eigenvalue weighted by molar-refractivity contribution is 1.12. The van der Waals surface area contributed by atoms with Crippen LogP contribution < -0.4 is 11.5 Å². The number of nitrogen functional groups attached to an aromatic ring is 2. The van der Waals surface area contributed by atoms with Crippen molar-refractivity contribution in [3.05, 3.63) is 48.7 Å². The molecule has 0 amide bonds. The molecule has 0 fully saturated rings. The molecule has 2 aromatic carbocycles. The van der Waals surface area contributed by atoms with E-state index >= 15 is 0 Å². The lowest BCUT2D eigenvalue weighted by atomic mass is 10.2. The fourth-order valence-corrected chi connectivity index (χ4v) is 2.60. The van der Waals surface area contributed by atoms with Crippen molar-refractivity contribution in [3.63, 3.8) is 0 Å². The zero-order valence-corrected chi connectivity index (χ0v) is 10.9. The Bertz CT molecular complexity index is 728. The van der Waals surface area contributed by atoms with Gasteiger partial charge in [0, 0.05) is 10.6 Å². The van der Waals surface area contributed by atoms with E-state index in [1.807, 2.05) is 30.3 Å². The molecule has 5 heteroatoms. The Labute approximate surface area is 114 Å². The van der Waals surface area contributed by atoms with E-state index in [2.05, 4.69) is 9.97 Å². The second-order valence-corrected chi connectivity index (χ2v) is 5.20. The SMILES string of the molecule is Nc1cc(N)c2ncc(Sc3ccccc3)nc2c1. The number of anilines is 2. The first-order valence-electron chi connectivity index (χ1n) is 5.77. The highest BCUT2D eigenvalue weighted by Crippen LogP contribution is 2.28. The van der Waals surface area contributed by atoms with Crippen LogP contribution in [0, 0.1) is 0 Å². The normalized spacial score (nSPS) is 10.7. The van der Waals surface area contributed by atoms with E-state index in [-0.39, 0.29) is 0 Å². The van der Waals surface area contributed by atoms with E-state index in [9.17, 15) is 0 Å². The van der Waals surface area contributed by atoms with Gasteiger partial charge in [0.1, 0.15) is 10.5 Å². The molecule has 3 aromatic rings. The Kier molecular flexibility index (Phi) is 2.97. The van der Waals surface area contributed by atoms with Gasteiger partial charge in [-0.2, -0.15) is 0 Å². The van der Waals surface area contributed by atoms with Crippen LogP contribution in [-0.2, 0) is 0 Å². The molecule has 94 valence electrons. The molecule has 1 aromatic heterocycles. The number of fused-ring (bicyclic) bond motifs is 1. The highest BCUT2D eigenvalue weighted by Gasteiger charge is 2.05. The number of nitrogens with zero attached hydrogens (tertiary/aromatic N) is 2. The summed E-state index contributed by atoms with van der Waals surface area (Å²) >= 11 is 1.56. The third-order valence-corrected chi connectivity index (χ3v) is 3.56. The largest absolute Gasteiger partial charge is 0.399 e. The quantitative estimate of drug-likeness (QED) is 0.699. The zero-order valence-electron chi connectivity index (χ0n) is 10.1. The summed E-state index contributed by atoms with van der Waals surface area (Å²) in [6.45, 7) is 0. The van der Waals surface area contributed by atoms with Gasteiger partial charge >= 0.3 is 0 Å². The van der Waals surface area contributed by atoms with Crippen LogP contribution in [0.4, 0.5) is 11.4 Å². The minimum absolute atomic E-state index is 0.554. The van der Waals surface area contributed by atoms with Crippen molar-refractivity contribution >= 4 is 34.2 Å². The van der Waals surface area contributed by atoms with Crippen LogP contribution in [0.15, 0.2) is 58.6 Å². The number of hydrogen-bond donors (Lipinski definition) is 2. The second-order valence-electron chi connectivity index (χ2n) is 4.10. The zero-order chi connectivity index (χ0) is 13.2. The number of rotatable bonds is 2. The average molecular weight is 268 g/mol. The Morgan fingerprint density at radius 3 is 2.58 bits per heavy atom. The molecule has 0 bridgehead atoms. The smallest absolute Gasteiger partial charge is 0.120 e. The predicted octanol–water partition coefficient (Wildman–Crippen LogP) is 2.95. The molecule has 0 radical (unpaired) electrons. The maximum Gasteiger partial charge on any atom is 0.120 e. The molecule has 3 rings (SSSR count). The van der Waals surface area contributed by atoms with Gasteiger partial charge in [-0.15, -0.1) is 0 Å². The maximum atomic E-state index is 5.87. The maximum absolute atomic E-state index is 5.87. The van der Waals surface area contributed by atoms with Crippen molar-refractivity contribution in [1.82, 2.24) is 9.97 Å². The minimum atomic E-state index is 0.554. The minimum Gasteiger partial charge on any atom is -0.399 e. The van der Waals surface area contributed by atoms with Crippen molar-refractivity contribution in [1.29, 1.82) is 0 Å². The third-order valence-electron chi connectivity index (χ3n) is 2.64. The van der Waals surface area contributed by atoms with Gasteiger partial charge in [-0.1, -0.05) is 30.0 Å². The number of hydrogen-bond acceptors (Lipinski definition) is 5. The lowest BCUT2D eigenvalue weighted by Crippen LogP contribution is -1.95. The third kappa shape index (κ3) is 2.46. The summed E-state index contributed by atoms with van der Waals surface area (Å²) in [6, 6.07) is 13.5. The summed E-state index contributed by atoms with van der Waals surface area (Å²) in [5.41, 5.74) is 14.2. The van der Waals surface area contributed by atoms with Gasteiger partial charge in [0.2, 0.25) is 0 Å². The molecule has 0 aliphatic carbocycles. The van der Waals surface area contributed by atoms with E-state index in [4.69, 9.17) is 11.5 Å². The fraction of sp³-hybridized carbons (Fsp3) is 0. The lowest BCUT2D eigenvalue weighted by Gasteiger charge is -2.05. The first-order chi connectivity index (χ1) is 9.22. The van der Waals surface area contributed by atoms with Gasteiger partial charge < -0.3 is 11.5 Å². The van der Waals surface area contributed by atoms with Gasteiger partial charge in [-0.05, 0) is 24.3 Å². The number of aromatic nitrogens is 2. The molecule has 0 aliphatic heterocycles. The first-order valence-corrected chi connectivity index (χ1v) is 6.59. The van der Waals surface area contributed by atoms with Crippen molar-refractivity contribution in [2.24, 2.45) is 0 Å². The molecule has 4 N–H and O–H groups in total. The van der Waals surface area contributed by atoms with Crippen LogP contribution in [0.1, 0.15) is 0 Å². The molecule has 19 heavy (non-hydrogen) atoms. The van der Waals surface area contributed by atoms with Gasteiger partial charge in [-0.3, -0.25) is 0 Å². The molecular formula is C14H12N4S. The molecule has 0 aliphatic rings. The van der Waals surface area contributed by atoms with Gasteiger partial charge in [0.05, 0.1) is 17.4 Å². The van der Waals surface area contributed by atoms with Gasteiger partial charge in [0.15, 0.2) is 0 Å². The van der Waals surface area contributed by atoms with Gasteiger partial charge in [-0.25, -0.2) is 9.97 Å². The van der Waals surface area contributed by atoms with E-state index in [0.717, 1.165) is 15.4 Å². The molecule has 1 heterocycles. The monoisotopic (exact) mass is 268 g/mol. The van der Waals surface area contributed by atoms with Crippen LogP contribution in [0.25, 0.3) is 11.0 Å². The Morgan fingerprint density at radius 1 is 1.00 bits per heavy atom. The summed E-state index contributed by atoms with van der Waals surface area (Å²) in [4.78, 5) is 10.0. The van der Waals surface area contributed by atoms with Crippen molar-refractivity contribution in [2.45, 2.75) is 9.92 Å². The second kappa shape index (κ2) is 4.78. The summed E-state index contributed by atoms with van der Waals surface area (Å²) in [5.74, 6) is 0. The first kappa shape index (κ1) is 11.8. The Morgan fingerprint density at radius 2 is 1.79 bits per heavy atom. The van der Waals surface area contributed by atoms with E-state index < -0.39 is 0 Å². The predicted molar refractivity (Wildman–Crippen MR) is 78.9 cm³/mol. The van der Waals surface area contributed by atoms with Crippen molar-refractivity contribution in [2.75, 3.05) is 11.5 Å². The Hall–Kier alpha value is -2.27. The van der Waals surface area contributed by atoms with Crippen LogP contribution in [0.2, 0.25) is 0 Å². The average Bonchev–Trinajstić information content (AvgIpc) is 2.39. The number of nitrogens with two attached hydrogens (primary N) is 2. The van der Waals surface area contributed by atoms with Crippen LogP contribution in [0.5, 0.6) is 0 Å². The highest BCUT2D eigenvalue weighted by atomic mass is 32.2. The number of benzene rings is 2. The van der Waals surface area contributed by atoms with E-state index in [1.165, 1.54) is 0 Å². The summed E-state index contributed by atoms with van der Waals surface area (Å²) in [6.07, 6.45) is 1.73. The molecule has 0 unspecified atom stereocenters. The molecule has 0 spiro atoms. The topological polar surface area (TPSA) is 77.8 Å². The molecule has 4 nitrogen and oxygen atoms in total. The summed E-state index contributed by atoms with van der Waals surface area (Å²) < 4.78 is 0. The Balaban J connectivity index is 2.02. The molecular weight excluding hydrogens is 256 g/mol. The fourth-order valence-electron chi connectivity index (χ4n) is 1.82. The molecule has 0 saturated carbocycles.